The van der Waals surface area contributed by atoms with E-state index >= 15 is 0 Å². The van der Waals surface area contributed by atoms with Crippen LogP contribution in [0.2, 0.25) is 0 Å². The summed E-state index contributed by atoms with van der Waals surface area (Å²) in [6.45, 7) is 4.69. The number of benzene rings is 1. The highest BCUT2D eigenvalue weighted by Crippen LogP contribution is 2.37. The van der Waals surface area contributed by atoms with Crippen LogP contribution >= 0.6 is 0 Å². The van der Waals surface area contributed by atoms with Crippen molar-refractivity contribution in [1.82, 2.24) is 0 Å². The van der Waals surface area contributed by atoms with Crippen LogP contribution < -0.4 is 5.73 Å². The molecule has 0 heterocycles. The number of primary amides is 1. The van der Waals surface area contributed by atoms with Crippen LogP contribution in [0.25, 0.3) is 0 Å². The maximum Gasteiger partial charge on any atom is 0.303 e. The summed E-state index contributed by atoms with van der Waals surface area (Å²) in [6, 6.07) is 8.76. The standard InChI is InChI=1S/C16H28O2.C7H7NO/c1-3-14-12-13(2)10-11-15(14)8-6-4-5-7-9-16(17)18;8-7(9)6-4-2-1-3-5-6/h4,6,13-15H,3,5,7-12H2,1-2H3,(H,17,18);1-5H,(H2,8,9)/b6-4-;/t13-,14?,15?;/m1./s1. The molecular formula is C23H35NO3. The number of carbonyl (C=O) groups is 2. The fraction of sp³-hybridized carbons (Fsp3) is 0.565. The summed E-state index contributed by atoms with van der Waals surface area (Å²) in [4.78, 5) is 20.8. The number of carboxylic acid groups (broad SMARTS) is 1. The van der Waals surface area contributed by atoms with E-state index in [1.54, 1.807) is 24.3 Å². The minimum Gasteiger partial charge on any atom is -0.481 e. The normalized spacial score (nSPS) is 22.1. The number of carboxylic acids is 1. The lowest BCUT2D eigenvalue weighted by Crippen LogP contribution is -2.22. The second-order valence-corrected chi connectivity index (χ2v) is 7.57. The van der Waals surface area contributed by atoms with Gasteiger partial charge in [0.25, 0.3) is 0 Å². The number of hydrogen-bond acceptors (Lipinski definition) is 2. The van der Waals surface area contributed by atoms with Gasteiger partial charge in [0.05, 0.1) is 0 Å². The van der Waals surface area contributed by atoms with Crippen molar-refractivity contribution >= 4 is 11.9 Å². The number of aliphatic carboxylic acids is 1. The molecule has 3 atom stereocenters. The van der Waals surface area contributed by atoms with Crippen LogP contribution in [-0.2, 0) is 4.79 Å². The van der Waals surface area contributed by atoms with Crippen molar-refractivity contribution in [3.05, 3.63) is 48.0 Å². The van der Waals surface area contributed by atoms with Crippen LogP contribution in [-0.4, -0.2) is 17.0 Å². The SMILES string of the molecule is CCC1C[C@H](C)CCC1C/C=C\CCCC(=O)O.NC(=O)c1ccccc1. The minimum absolute atomic E-state index is 0.295. The monoisotopic (exact) mass is 373 g/mol. The predicted octanol–water partition coefficient (Wildman–Crippen LogP) is 5.44. The van der Waals surface area contributed by atoms with Gasteiger partial charge in [-0.05, 0) is 62.0 Å². The molecule has 1 amide bonds. The number of carbonyl (C=O) groups excluding carboxylic acids is 1. The Balaban J connectivity index is 0.000000337. The van der Waals surface area contributed by atoms with Gasteiger partial charge in [-0.15, -0.1) is 0 Å². The molecule has 4 nitrogen and oxygen atoms in total. The van der Waals surface area contributed by atoms with Crippen molar-refractivity contribution in [2.75, 3.05) is 0 Å². The Morgan fingerprint density at radius 3 is 2.41 bits per heavy atom. The Kier molecular flexibility index (Phi) is 11.2. The zero-order valence-electron chi connectivity index (χ0n) is 16.8. The molecule has 1 saturated carbocycles. The van der Waals surface area contributed by atoms with E-state index in [-0.39, 0.29) is 5.91 Å². The van der Waals surface area contributed by atoms with E-state index in [4.69, 9.17) is 10.8 Å². The van der Waals surface area contributed by atoms with E-state index in [2.05, 4.69) is 26.0 Å². The number of unbranched alkanes of at least 4 members (excludes halogenated alkanes) is 1. The molecule has 0 aromatic heterocycles. The lowest BCUT2D eigenvalue weighted by atomic mass is 9.72. The Morgan fingerprint density at radius 2 is 1.85 bits per heavy atom. The second-order valence-electron chi connectivity index (χ2n) is 7.57. The molecule has 1 aromatic carbocycles. The zero-order chi connectivity index (χ0) is 20.1. The van der Waals surface area contributed by atoms with Crippen LogP contribution in [0.3, 0.4) is 0 Å². The average molecular weight is 374 g/mol. The third kappa shape index (κ3) is 9.97. The first-order chi connectivity index (χ1) is 12.9. The highest BCUT2D eigenvalue weighted by atomic mass is 16.4. The van der Waals surface area contributed by atoms with E-state index in [1.807, 2.05) is 6.07 Å². The molecule has 2 unspecified atom stereocenters. The molecule has 1 aliphatic rings. The van der Waals surface area contributed by atoms with Gasteiger partial charge in [0.2, 0.25) is 5.91 Å². The van der Waals surface area contributed by atoms with E-state index in [9.17, 15) is 9.59 Å². The number of nitrogens with two attached hydrogens (primary N) is 1. The van der Waals surface area contributed by atoms with Crippen LogP contribution in [0.5, 0.6) is 0 Å². The quantitative estimate of drug-likeness (QED) is 0.470. The summed E-state index contributed by atoms with van der Waals surface area (Å²) in [5.41, 5.74) is 5.53. The average Bonchev–Trinajstić information content (AvgIpc) is 2.66. The highest BCUT2D eigenvalue weighted by molar-refractivity contribution is 5.92. The van der Waals surface area contributed by atoms with Gasteiger partial charge in [0.1, 0.15) is 0 Å². The maximum absolute atomic E-state index is 10.4. The molecule has 150 valence electrons. The minimum atomic E-state index is -0.685. The molecule has 0 bridgehead atoms. The molecule has 1 aliphatic carbocycles. The van der Waals surface area contributed by atoms with Gasteiger partial charge in [-0.2, -0.15) is 0 Å². The number of rotatable bonds is 8. The van der Waals surface area contributed by atoms with E-state index in [1.165, 1.54) is 32.1 Å². The van der Waals surface area contributed by atoms with Crippen molar-refractivity contribution in [3.63, 3.8) is 0 Å². The van der Waals surface area contributed by atoms with Crippen molar-refractivity contribution in [2.45, 2.75) is 65.2 Å². The van der Waals surface area contributed by atoms with Crippen molar-refractivity contribution in [2.24, 2.45) is 23.5 Å². The largest absolute Gasteiger partial charge is 0.481 e. The molecule has 1 aromatic rings. The first kappa shape index (κ1) is 22.9. The van der Waals surface area contributed by atoms with Crippen LogP contribution in [0.15, 0.2) is 42.5 Å². The van der Waals surface area contributed by atoms with Crippen molar-refractivity contribution in [3.8, 4) is 0 Å². The highest BCUT2D eigenvalue weighted by Gasteiger charge is 2.26. The van der Waals surface area contributed by atoms with Crippen LogP contribution in [0, 0.1) is 17.8 Å². The summed E-state index contributed by atoms with van der Waals surface area (Å²) in [5.74, 6) is 1.61. The molecule has 0 spiro atoms. The predicted molar refractivity (Wildman–Crippen MR) is 110 cm³/mol. The van der Waals surface area contributed by atoms with E-state index in [0.717, 1.165) is 30.6 Å². The summed E-state index contributed by atoms with van der Waals surface area (Å²) in [6.07, 6.45) is 13.1. The first-order valence-corrected chi connectivity index (χ1v) is 10.2. The molecule has 27 heavy (non-hydrogen) atoms. The Hall–Kier alpha value is -2.10. The lowest BCUT2D eigenvalue weighted by molar-refractivity contribution is -0.137. The van der Waals surface area contributed by atoms with Gasteiger partial charge in [-0.25, -0.2) is 0 Å². The number of amides is 1. The molecule has 0 radical (unpaired) electrons. The van der Waals surface area contributed by atoms with Gasteiger partial charge >= 0.3 is 5.97 Å². The topological polar surface area (TPSA) is 80.4 Å². The lowest BCUT2D eigenvalue weighted by Gasteiger charge is -2.33. The summed E-state index contributed by atoms with van der Waals surface area (Å²) in [5, 5.41) is 8.54. The Bertz CT molecular complexity index is 583. The second kappa shape index (κ2) is 13.1. The summed E-state index contributed by atoms with van der Waals surface area (Å²) < 4.78 is 0. The van der Waals surface area contributed by atoms with Crippen LogP contribution in [0.4, 0.5) is 0 Å². The maximum atomic E-state index is 10.4. The summed E-state index contributed by atoms with van der Waals surface area (Å²) >= 11 is 0. The molecular weight excluding hydrogens is 338 g/mol. The zero-order valence-corrected chi connectivity index (χ0v) is 16.8. The van der Waals surface area contributed by atoms with Crippen LogP contribution in [0.1, 0.15) is 75.6 Å². The number of hydrogen-bond donors (Lipinski definition) is 2. The van der Waals surface area contributed by atoms with Gasteiger partial charge in [-0.1, -0.05) is 57.0 Å². The molecule has 0 saturated heterocycles. The number of allylic oxidation sites excluding steroid dienone is 2. The Labute approximate surface area is 163 Å². The van der Waals surface area contributed by atoms with Gasteiger partial charge in [-0.3, -0.25) is 9.59 Å². The van der Waals surface area contributed by atoms with Gasteiger partial charge < -0.3 is 10.8 Å². The van der Waals surface area contributed by atoms with Crippen molar-refractivity contribution < 1.29 is 14.7 Å². The molecule has 2 rings (SSSR count). The molecule has 0 aliphatic heterocycles. The van der Waals surface area contributed by atoms with Gasteiger partial charge in [0.15, 0.2) is 0 Å². The van der Waals surface area contributed by atoms with E-state index in [0.29, 0.717) is 12.0 Å². The third-order valence-electron chi connectivity index (χ3n) is 5.35. The molecule has 3 N–H and O–H groups in total. The molecule has 1 fully saturated rings. The fourth-order valence-corrected chi connectivity index (χ4v) is 3.73. The Morgan fingerprint density at radius 1 is 1.15 bits per heavy atom. The fourth-order valence-electron chi connectivity index (χ4n) is 3.73. The third-order valence-corrected chi connectivity index (χ3v) is 5.35. The first-order valence-electron chi connectivity index (χ1n) is 10.2. The molecule has 4 heteroatoms. The smallest absolute Gasteiger partial charge is 0.303 e. The van der Waals surface area contributed by atoms with E-state index < -0.39 is 5.97 Å². The van der Waals surface area contributed by atoms with Crippen molar-refractivity contribution in [1.29, 1.82) is 0 Å². The van der Waals surface area contributed by atoms with Gasteiger partial charge in [0, 0.05) is 12.0 Å². The summed E-state index contributed by atoms with van der Waals surface area (Å²) in [7, 11) is 0.